The molecule has 2 amide bonds. The Bertz CT molecular complexity index is 1010. The van der Waals surface area contributed by atoms with E-state index in [9.17, 15) is 32.7 Å². The summed E-state index contributed by atoms with van der Waals surface area (Å²) in [5.74, 6) is -2.18. The second-order valence-electron chi connectivity index (χ2n) is 10.1. The van der Waals surface area contributed by atoms with Crippen LogP contribution in [0, 0.1) is 11.3 Å². The molecule has 0 unspecified atom stereocenters. The van der Waals surface area contributed by atoms with Crippen LogP contribution >= 0.6 is 11.6 Å². The van der Waals surface area contributed by atoms with E-state index in [1.54, 1.807) is 31.2 Å². The molecule has 0 spiro atoms. The molecule has 2 saturated heterocycles. The van der Waals surface area contributed by atoms with Crippen molar-refractivity contribution < 1.29 is 32.7 Å². The number of benzene rings is 1. The van der Waals surface area contributed by atoms with Gasteiger partial charge in [0.05, 0.1) is 0 Å². The quantitative estimate of drug-likeness (QED) is 0.573. The number of nitrogens with zero attached hydrogens (tertiary/aromatic N) is 2. The largest absolute Gasteiger partial charge is 0.465 e. The Morgan fingerprint density at radius 3 is 2.25 bits per heavy atom. The van der Waals surface area contributed by atoms with Gasteiger partial charge in [0.25, 0.3) is 0 Å². The molecule has 198 valence electrons. The van der Waals surface area contributed by atoms with Crippen molar-refractivity contribution in [1.29, 1.82) is 0 Å². The van der Waals surface area contributed by atoms with Crippen LogP contribution in [0.4, 0.5) is 18.0 Å². The van der Waals surface area contributed by atoms with E-state index >= 15 is 0 Å². The number of carbonyl (C=O) groups is 3. The summed E-state index contributed by atoms with van der Waals surface area (Å²) in [6.07, 6.45) is -5.44. The highest BCUT2D eigenvalue weighted by molar-refractivity contribution is 6.30. The third kappa shape index (κ3) is 4.26. The monoisotopic (exact) mass is 529 g/mol. The minimum atomic E-state index is -4.59. The fourth-order valence-corrected chi connectivity index (χ4v) is 6.33. The maximum atomic E-state index is 14.1. The van der Waals surface area contributed by atoms with Crippen molar-refractivity contribution in [2.75, 3.05) is 32.7 Å². The van der Waals surface area contributed by atoms with E-state index in [2.05, 4.69) is 5.32 Å². The van der Waals surface area contributed by atoms with Crippen molar-refractivity contribution in [3.8, 4) is 0 Å². The topological polar surface area (TPSA) is 90.0 Å². The number of hydrogen-bond donors (Lipinski definition) is 2. The first-order valence-electron chi connectivity index (χ1n) is 12.3. The zero-order valence-corrected chi connectivity index (χ0v) is 20.9. The molecule has 11 heteroatoms. The number of likely N-dealkylation sites (N-methyl/N-ethyl adjacent to an activating group) is 1. The maximum Gasteiger partial charge on any atom is 0.408 e. The second kappa shape index (κ2) is 9.85. The molecule has 0 aromatic heterocycles. The highest BCUT2D eigenvalue weighted by atomic mass is 35.5. The zero-order chi connectivity index (χ0) is 26.3. The normalized spacial score (nSPS) is 26.4. The minimum Gasteiger partial charge on any atom is -0.465 e. The Balaban J connectivity index is 1.58. The Kier molecular flexibility index (Phi) is 7.31. The number of rotatable bonds is 6. The summed E-state index contributed by atoms with van der Waals surface area (Å²) in [5.41, 5.74) is -2.89. The van der Waals surface area contributed by atoms with E-state index < -0.39 is 41.0 Å². The van der Waals surface area contributed by atoms with Gasteiger partial charge in [-0.2, -0.15) is 13.2 Å². The molecule has 0 radical (unpaired) electrons. The highest BCUT2D eigenvalue weighted by Gasteiger charge is 2.64. The van der Waals surface area contributed by atoms with Crippen molar-refractivity contribution in [1.82, 2.24) is 15.1 Å². The van der Waals surface area contributed by atoms with Gasteiger partial charge in [-0.25, -0.2) is 4.79 Å². The Hall–Kier alpha value is -2.33. The van der Waals surface area contributed by atoms with Gasteiger partial charge in [0, 0.05) is 49.6 Å². The van der Waals surface area contributed by atoms with Gasteiger partial charge in [-0.3, -0.25) is 14.5 Å². The molecule has 3 aliphatic rings. The lowest BCUT2D eigenvalue weighted by Gasteiger charge is -2.47. The van der Waals surface area contributed by atoms with E-state index in [-0.39, 0.29) is 57.6 Å². The van der Waals surface area contributed by atoms with E-state index in [4.69, 9.17) is 11.6 Å². The fourth-order valence-electron chi connectivity index (χ4n) is 6.20. The average Bonchev–Trinajstić information content (AvgIpc) is 3.23. The number of nitrogens with one attached hydrogen (secondary N) is 1. The molecule has 7 nitrogen and oxygen atoms in total. The summed E-state index contributed by atoms with van der Waals surface area (Å²) >= 11 is 6.04. The smallest absolute Gasteiger partial charge is 0.408 e. The van der Waals surface area contributed by atoms with Crippen molar-refractivity contribution >= 4 is 29.4 Å². The first-order valence-corrected chi connectivity index (χ1v) is 12.7. The second-order valence-corrected chi connectivity index (χ2v) is 10.5. The number of piperidine rings is 1. The summed E-state index contributed by atoms with van der Waals surface area (Å²) < 4.78 is 41.0. The average molecular weight is 530 g/mol. The van der Waals surface area contributed by atoms with Gasteiger partial charge < -0.3 is 15.3 Å². The first-order chi connectivity index (χ1) is 17.0. The van der Waals surface area contributed by atoms with E-state index in [0.29, 0.717) is 18.0 Å². The number of halogens is 4. The van der Waals surface area contributed by atoms with Gasteiger partial charge in [0.1, 0.15) is 11.0 Å². The number of Topliss-reactive ketones (excluding diaryl/α,β-unsaturated/α-hetero) is 1. The standard InChI is InChI=1S/C25H31ClF3N3O4/c1-2-32(22(35)36)24(15-30-14-19(24)16-4-6-18(26)7-5-16)20(33)17-8-12-31(13-9-17)21(34)23(10-3-11-23)25(27,28)29/h4-7,17,19,30H,2-3,8-15H2,1H3,(H,35,36)/t19-,24+/m0/s1. The molecule has 4 rings (SSSR count). The minimum absolute atomic E-state index is 0.0430. The molecule has 2 N–H and O–H groups in total. The van der Waals surface area contributed by atoms with Crippen LogP contribution in [0.2, 0.25) is 5.02 Å². The molecule has 2 aliphatic heterocycles. The Labute approximate surface area is 212 Å². The third-order valence-electron chi connectivity index (χ3n) is 8.36. The van der Waals surface area contributed by atoms with E-state index in [0.717, 1.165) is 5.56 Å². The molecule has 2 atom stereocenters. The summed E-state index contributed by atoms with van der Waals surface area (Å²) in [4.78, 5) is 41.7. The van der Waals surface area contributed by atoms with E-state index in [1.165, 1.54) is 9.80 Å². The lowest BCUT2D eigenvalue weighted by atomic mass is 9.66. The molecule has 3 fully saturated rings. The molecular formula is C25H31ClF3N3O4. The maximum absolute atomic E-state index is 14.1. The molecule has 1 aromatic rings. The van der Waals surface area contributed by atoms with Gasteiger partial charge in [-0.15, -0.1) is 0 Å². The lowest BCUT2D eigenvalue weighted by molar-refractivity contribution is -0.249. The highest BCUT2D eigenvalue weighted by Crippen LogP contribution is 2.54. The number of likely N-dealkylation sites (tertiary alicyclic amines) is 1. The van der Waals surface area contributed by atoms with Crippen LogP contribution in [0.15, 0.2) is 24.3 Å². The first kappa shape index (κ1) is 26.7. The van der Waals surface area contributed by atoms with Crippen molar-refractivity contribution in [2.45, 2.75) is 56.7 Å². The molecule has 2 heterocycles. The predicted molar refractivity (Wildman–Crippen MR) is 127 cm³/mol. The van der Waals surface area contributed by atoms with Crippen LogP contribution in [0.25, 0.3) is 0 Å². The van der Waals surface area contributed by atoms with Crippen LogP contribution in [-0.2, 0) is 9.59 Å². The van der Waals surface area contributed by atoms with Crippen molar-refractivity contribution in [3.05, 3.63) is 34.9 Å². The predicted octanol–water partition coefficient (Wildman–Crippen LogP) is 4.31. The molecule has 36 heavy (non-hydrogen) atoms. The third-order valence-corrected chi connectivity index (χ3v) is 8.61. The molecule has 0 bridgehead atoms. The van der Waals surface area contributed by atoms with Gasteiger partial charge in [0.2, 0.25) is 5.91 Å². The zero-order valence-electron chi connectivity index (χ0n) is 20.1. The van der Waals surface area contributed by atoms with Gasteiger partial charge >= 0.3 is 12.3 Å². The Morgan fingerprint density at radius 1 is 1.17 bits per heavy atom. The molecule has 1 aromatic carbocycles. The van der Waals surface area contributed by atoms with Gasteiger partial charge in [-0.1, -0.05) is 30.2 Å². The number of amides is 2. The van der Waals surface area contributed by atoms with Crippen LogP contribution in [0.1, 0.15) is 50.5 Å². The van der Waals surface area contributed by atoms with Gasteiger partial charge in [-0.05, 0) is 50.3 Å². The molecule has 1 aliphatic carbocycles. The number of carboxylic acid groups (broad SMARTS) is 1. The van der Waals surface area contributed by atoms with Crippen LogP contribution in [0.5, 0.6) is 0 Å². The SMILES string of the molecule is CCN(C(=O)O)[C@]1(C(=O)C2CCN(C(=O)C3(C(F)(F)F)CCC3)CC2)CNC[C@H]1c1ccc(Cl)cc1. The van der Waals surface area contributed by atoms with Crippen LogP contribution in [-0.4, -0.2) is 77.1 Å². The summed E-state index contributed by atoms with van der Waals surface area (Å²) in [5, 5.41) is 13.8. The summed E-state index contributed by atoms with van der Waals surface area (Å²) in [6, 6.07) is 6.97. The van der Waals surface area contributed by atoms with Crippen molar-refractivity contribution in [2.24, 2.45) is 11.3 Å². The van der Waals surface area contributed by atoms with Gasteiger partial charge in [0.15, 0.2) is 5.78 Å². The lowest BCUT2D eigenvalue weighted by Crippen LogP contribution is -2.63. The summed E-state index contributed by atoms with van der Waals surface area (Å²) in [6.45, 7) is 2.39. The fraction of sp³-hybridized carbons (Fsp3) is 0.640. The molecular weight excluding hydrogens is 499 g/mol. The number of hydrogen-bond acceptors (Lipinski definition) is 4. The van der Waals surface area contributed by atoms with Crippen LogP contribution in [0.3, 0.4) is 0 Å². The van der Waals surface area contributed by atoms with Crippen LogP contribution < -0.4 is 5.32 Å². The van der Waals surface area contributed by atoms with E-state index in [1.807, 2.05) is 0 Å². The number of ketones is 1. The molecule has 1 saturated carbocycles. The number of carbonyl (C=O) groups excluding carboxylic acids is 2. The number of alkyl halides is 3. The Morgan fingerprint density at radius 2 is 1.78 bits per heavy atom. The van der Waals surface area contributed by atoms with Crippen molar-refractivity contribution in [3.63, 3.8) is 0 Å². The summed E-state index contributed by atoms with van der Waals surface area (Å²) in [7, 11) is 0.